The highest BCUT2D eigenvalue weighted by molar-refractivity contribution is 4.91. The molecular formula is C13H25N5O. The quantitative estimate of drug-likeness (QED) is 0.743. The van der Waals surface area contributed by atoms with Crippen molar-refractivity contribution in [1.82, 2.24) is 25.2 Å². The van der Waals surface area contributed by atoms with E-state index in [-0.39, 0.29) is 0 Å². The largest absolute Gasteiger partial charge is 0.377 e. The molecule has 1 aliphatic rings. The molecule has 1 unspecified atom stereocenters. The van der Waals surface area contributed by atoms with Gasteiger partial charge >= 0.3 is 0 Å². The Balaban J connectivity index is 1.67. The zero-order valence-electron chi connectivity index (χ0n) is 12.0. The number of nitrogens with one attached hydrogen (secondary N) is 1. The molecule has 0 aliphatic carbocycles. The topological polar surface area (TPSA) is 55.2 Å². The molecule has 1 aromatic rings. The molecule has 0 amide bonds. The van der Waals surface area contributed by atoms with Gasteiger partial charge in [-0.3, -0.25) is 4.68 Å². The fourth-order valence-corrected chi connectivity index (χ4v) is 2.28. The summed E-state index contributed by atoms with van der Waals surface area (Å²) in [5, 5.41) is 11.5. The van der Waals surface area contributed by atoms with Gasteiger partial charge in [0.05, 0.1) is 18.3 Å². The Morgan fingerprint density at radius 3 is 3.21 bits per heavy atom. The number of likely N-dealkylation sites (N-methyl/N-ethyl adjacent to an activating group) is 1. The molecule has 0 radical (unpaired) electrons. The van der Waals surface area contributed by atoms with Gasteiger partial charge in [0.25, 0.3) is 0 Å². The standard InChI is InChI=1S/C13H25N5O/c1-3-14-9-12-10-18(16-15-12)7-6-17(2)11-13-5-4-8-19-13/h10,13-14H,3-9,11H2,1-2H3. The Morgan fingerprint density at radius 1 is 1.58 bits per heavy atom. The second-order valence-corrected chi connectivity index (χ2v) is 5.15. The van der Waals surface area contributed by atoms with E-state index in [4.69, 9.17) is 4.74 Å². The molecule has 1 saturated heterocycles. The average Bonchev–Trinajstić information content (AvgIpc) is 3.05. The molecule has 1 aliphatic heterocycles. The van der Waals surface area contributed by atoms with E-state index in [1.807, 2.05) is 10.9 Å². The fourth-order valence-electron chi connectivity index (χ4n) is 2.28. The summed E-state index contributed by atoms with van der Waals surface area (Å²) in [6.07, 6.45) is 4.84. The summed E-state index contributed by atoms with van der Waals surface area (Å²) in [4.78, 5) is 2.31. The molecule has 1 atom stereocenters. The summed E-state index contributed by atoms with van der Waals surface area (Å²) in [5.74, 6) is 0. The third-order valence-corrected chi connectivity index (χ3v) is 3.39. The van der Waals surface area contributed by atoms with Crippen molar-refractivity contribution in [2.24, 2.45) is 0 Å². The molecule has 0 saturated carbocycles. The summed E-state index contributed by atoms with van der Waals surface area (Å²) in [5.41, 5.74) is 1.00. The lowest BCUT2D eigenvalue weighted by atomic mass is 10.2. The summed E-state index contributed by atoms with van der Waals surface area (Å²) in [6, 6.07) is 0. The maximum absolute atomic E-state index is 5.64. The summed E-state index contributed by atoms with van der Waals surface area (Å²) in [7, 11) is 2.14. The maximum Gasteiger partial charge on any atom is 0.0964 e. The highest BCUT2D eigenvalue weighted by atomic mass is 16.5. The van der Waals surface area contributed by atoms with Crippen LogP contribution in [0.4, 0.5) is 0 Å². The molecular weight excluding hydrogens is 242 g/mol. The van der Waals surface area contributed by atoms with E-state index < -0.39 is 0 Å². The summed E-state index contributed by atoms with van der Waals surface area (Å²) in [6.45, 7) is 7.63. The minimum Gasteiger partial charge on any atom is -0.377 e. The molecule has 0 bridgehead atoms. The van der Waals surface area contributed by atoms with E-state index in [9.17, 15) is 0 Å². The Labute approximate surface area is 115 Å². The lowest BCUT2D eigenvalue weighted by molar-refractivity contribution is 0.0800. The molecule has 108 valence electrons. The molecule has 6 nitrogen and oxygen atoms in total. The van der Waals surface area contributed by atoms with E-state index in [1.54, 1.807) is 0 Å². The zero-order chi connectivity index (χ0) is 13.5. The first-order valence-electron chi connectivity index (χ1n) is 7.18. The molecule has 0 aromatic carbocycles. The van der Waals surface area contributed by atoms with Gasteiger partial charge < -0.3 is 15.0 Å². The van der Waals surface area contributed by atoms with Gasteiger partial charge in [0.2, 0.25) is 0 Å². The van der Waals surface area contributed by atoms with Gasteiger partial charge in [-0.2, -0.15) is 0 Å². The predicted molar refractivity (Wildman–Crippen MR) is 73.9 cm³/mol. The smallest absolute Gasteiger partial charge is 0.0964 e. The SMILES string of the molecule is CCNCc1cn(CCN(C)CC2CCCO2)nn1. The zero-order valence-corrected chi connectivity index (χ0v) is 12.0. The van der Waals surface area contributed by atoms with Crippen LogP contribution in [0.15, 0.2) is 6.20 Å². The molecule has 19 heavy (non-hydrogen) atoms. The van der Waals surface area contributed by atoms with Crippen molar-refractivity contribution in [2.45, 2.75) is 39.0 Å². The van der Waals surface area contributed by atoms with Gasteiger partial charge in [-0.1, -0.05) is 12.1 Å². The minimum absolute atomic E-state index is 0.421. The maximum atomic E-state index is 5.64. The Kier molecular flexibility index (Phi) is 5.75. The molecule has 2 heterocycles. The second kappa shape index (κ2) is 7.57. The second-order valence-electron chi connectivity index (χ2n) is 5.15. The van der Waals surface area contributed by atoms with Gasteiger partial charge in [-0.15, -0.1) is 5.10 Å². The monoisotopic (exact) mass is 267 g/mol. The number of hydrogen-bond donors (Lipinski definition) is 1. The van der Waals surface area contributed by atoms with Gasteiger partial charge in [-0.25, -0.2) is 0 Å². The van der Waals surface area contributed by atoms with Crippen molar-refractivity contribution in [2.75, 3.05) is 33.3 Å². The van der Waals surface area contributed by atoms with E-state index in [0.29, 0.717) is 6.10 Å². The van der Waals surface area contributed by atoms with Gasteiger partial charge in [0.15, 0.2) is 0 Å². The Hall–Kier alpha value is -0.980. The van der Waals surface area contributed by atoms with Gasteiger partial charge in [0.1, 0.15) is 0 Å². The summed E-state index contributed by atoms with van der Waals surface area (Å²) < 4.78 is 7.55. The molecule has 6 heteroatoms. The van der Waals surface area contributed by atoms with E-state index in [0.717, 1.165) is 45.0 Å². The highest BCUT2D eigenvalue weighted by Crippen LogP contribution is 2.12. The van der Waals surface area contributed by atoms with Crippen LogP contribution >= 0.6 is 0 Å². The molecule has 2 rings (SSSR count). The molecule has 1 fully saturated rings. The van der Waals surface area contributed by atoms with Crippen LogP contribution in [0.1, 0.15) is 25.5 Å². The van der Waals surface area contributed by atoms with Crippen LogP contribution in [0.5, 0.6) is 0 Å². The van der Waals surface area contributed by atoms with Gasteiger partial charge in [-0.05, 0) is 26.4 Å². The number of rotatable bonds is 8. The van der Waals surface area contributed by atoms with Crippen LogP contribution < -0.4 is 5.32 Å². The third-order valence-electron chi connectivity index (χ3n) is 3.39. The van der Waals surface area contributed by atoms with Crippen LogP contribution in [0, 0.1) is 0 Å². The van der Waals surface area contributed by atoms with Crippen molar-refractivity contribution in [1.29, 1.82) is 0 Å². The minimum atomic E-state index is 0.421. The van der Waals surface area contributed by atoms with Crippen LogP contribution in [0.2, 0.25) is 0 Å². The van der Waals surface area contributed by atoms with Crippen molar-refractivity contribution < 1.29 is 4.74 Å². The first-order valence-corrected chi connectivity index (χ1v) is 7.18. The predicted octanol–water partition coefficient (Wildman–Crippen LogP) is 0.498. The van der Waals surface area contributed by atoms with Crippen molar-refractivity contribution in [3.05, 3.63) is 11.9 Å². The first-order chi connectivity index (χ1) is 9.28. The molecule has 0 spiro atoms. The van der Waals surface area contributed by atoms with Crippen molar-refractivity contribution >= 4 is 0 Å². The van der Waals surface area contributed by atoms with Crippen molar-refractivity contribution in [3.63, 3.8) is 0 Å². The lowest BCUT2D eigenvalue weighted by Gasteiger charge is -2.20. The number of aromatic nitrogens is 3. The van der Waals surface area contributed by atoms with Crippen LogP contribution in [-0.4, -0.2) is 59.3 Å². The highest BCUT2D eigenvalue weighted by Gasteiger charge is 2.17. The fraction of sp³-hybridized carbons (Fsp3) is 0.846. The van der Waals surface area contributed by atoms with Crippen LogP contribution in [0.3, 0.4) is 0 Å². The van der Waals surface area contributed by atoms with E-state index in [1.165, 1.54) is 12.8 Å². The van der Waals surface area contributed by atoms with Crippen LogP contribution in [0.25, 0.3) is 0 Å². The van der Waals surface area contributed by atoms with E-state index >= 15 is 0 Å². The Bertz CT molecular complexity index is 362. The molecule has 1 N–H and O–H groups in total. The number of ether oxygens (including phenoxy) is 1. The summed E-state index contributed by atoms with van der Waals surface area (Å²) >= 11 is 0. The third kappa shape index (κ3) is 4.89. The molecule has 1 aromatic heterocycles. The van der Waals surface area contributed by atoms with E-state index in [2.05, 4.69) is 34.5 Å². The van der Waals surface area contributed by atoms with Crippen LogP contribution in [-0.2, 0) is 17.8 Å². The van der Waals surface area contributed by atoms with Gasteiger partial charge in [0, 0.05) is 32.4 Å². The lowest BCUT2D eigenvalue weighted by Crippen LogP contribution is -2.31. The first kappa shape index (κ1) is 14.4. The Morgan fingerprint density at radius 2 is 2.47 bits per heavy atom. The van der Waals surface area contributed by atoms with Crippen molar-refractivity contribution in [3.8, 4) is 0 Å². The number of nitrogens with zero attached hydrogens (tertiary/aromatic N) is 4. The average molecular weight is 267 g/mol. The number of hydrogen-bond acceptors (Lipinski definition) is 5. The normalized spacial score (nSPS) is 19.4.